The molecule has 1 aromatic carbocycles. The van der Waals surface area contributed by atoms with Gasteiger partial charge in [-0.05, 0) is 38.8 Å². The monoisotopic (exact) mass is 288 g/mol. The molecular formula is C17H24N2O2. The van der Waals surface area contributed by atoms with Gasteiger partial charge in [0.2, 0.25) is 0 Å². The number of aromatic nitrogens is 1. The smallest absolute Gasteiger partial charge is 0.133 e. The van der Waals surface area contributed by atoms with Crippen LogP contribution >= 0.6 is 0 Å². The van der Waals surface area contributed by atoms with Gasteiger partial charge in [0.05, 0.1) is 12.3 Å². The minimum absolute atomic E-state index is 0.706. The summed E-state index contributed by atoms with van der Waals surface area (Å²) in [6.07, 6.45) is 2.99. The molecule has 0 atom stereocenters. The maximum atomic E-state index is 5.61. The Balaban J connectivity index is 1.46. The first-order chi connectivity index (χ1) is 10.2. The van der Waals surface area contributed by atoms with E-state index in [1.54, 1.807) is 0 Å². The third-order valence-corrected chi connectivity index (χ3v) is 3.28. The third-order valence-electron chi connectivity index (χ3n) is 3.28. The molecule has 0 aliphatic carbocycles. The molecular weight excluding hydrogens is 264 g/mol. The molecule has 2 rings (SSSR count). The van der Waals surface area contributed by atoms with E-state index in [1.165, 1.54) is 11.3 Å². The maximum absolute atomic E-state index is 5.61. The van der Waals surface area contributed by atoms with Crippen molar-refractivity contribution >= 4 is 5.69 Å². The van der Waals surface area contributed by atoms with Gasteiger partial charge in [-0.15, -0.1) is 0 Å². The van der Waals surface area contributed by atoms with Gasteiger partial charge in [0, 0.05) is 31.3 Å². The zero-order valence-corrected chi connectivity index (χ0v) is 12.9. The molecule has 0 spiro atoms. The van der Waals surface area contributed by atoms with Crippen LogP contribution in [0.5, 0.6) is 0 Å². The van der Waals surface area contributed by atoms with Crippen LogP contribution in [0.4, 0.5) is 5.69 Å². The van der Waals surface area contributed by atoms with Gasteiger partial charge < -0.3 is 14.6 Å². The van der Waals surface area contributed by atoms with E-state index in [0.717, 1.165) is 43.9 Å². The minimum Gasteiger partial charge on any atom is -0.385 e. The third kappa shape index (κ3) is 6.00. The molecule has 1 N–H and O–H groups in total. The number of ether oxygens (including phenoxy) is 1. The SMILES string of the molecule is Cc1ccc(NCCCCOCCc2cc(C)on2)cc1. The number of hydrogen-bond donors (Lipinski definition) is 1. The van der Waals surface area contributed by atoms with E-state index in [-0.39, 0.29) is 0 Å². The van der Waals surface area contributed by atoms with Crippen molar-refractivity contribution < 1.29 is 9.26 Å². The lowest BCUT2D eigenvalue weighted by Crippen LogP contribution is -2.05. The molecule has 21 heavy (non-hydrogen) atoms. The molecule has 0 amide bonds. The second-order valence-corrected chi connectivity index (χ2v) is 5.29. The van der Waals surface area contributed by atoms with Crippen LogP contribution < -0.4 is 5.32 Å². The molecule has 0 unspecified atom stereocenters. The Kier molecular flexibility index (Phi) is 6.28. The van der Waals surface area contributed by atoms with Crippen LogP contribution in [0.25, 0.3) is 0 Å². The molecule has 0 fully saturated rings. The van der Waals surface area contributed by atoms with Crippen LogP contribution in [-0.4, -0.2) is 24.9 Å². The fourth-order valence-electron chi connectivity index (χ4n) is 2.05. The van der Waals surface area contributed by atoms with Crippen LogP contribution in [0, 0.1) is 13.8 Å². The first-order valence-electron chi connectivity index (χ1n) is 7.54. The Morgan fingerprint density at radius 3 is 2.62 bits per heavy atom. The van der Waals surface area contributed by atoms with Gasteiger partial charge in [0.1, 0.15) is 5.76 Å². The molecule has 0 bridgehead atoms. The number of nitrogens with zero attached hydrogens (tertiary/aromatic N) is 1. The fraction of sp³-hybridized carbons (Fsp3) is 0.471. The summed E-state index contributed by atoms with van der Waals surface area (Å²) in [6.45, 7) is 6.48. The molecule has 0 saturated carbocycles. The average Bonchev–Trinajstić information content (AvgIpc) is 2.89. The Labute approximate surface area is 126 Å². The first-order valence-corrected chi connectivity index (χ1v) is 7.54. The van der Waals surface area contributed by atoms with E-state index in [9.17, 15) is 0 Å². The van der Waals surface area contributed by atoms with Crippen molar-refractivity contribution in [3.63, 3.8) is 0 Å². The highest BCUT2D eigenvalue weighted by Gasteiger charge is 1.99. The molecule has 1 aromatic heterocycles. The van der Waals surface area contributed by atoms with Crippen molar-refractivity contribution in [3.8, 4) is 0 Å². The summed E-state index contributed by atoms with van der Waals surface area (Å²) in [4.78, 5) is 0. The topological polar surface area (TPSA) is 47.3 Å². The summed E-state index contributed by atoms with van der Waals surface area (Å²) in [5.74, 6) is 0.854. The largest absolute Gasteiger partial charge is 0.385 e. The first kappa shape index (κ1) is 15.6. The standard InChI is InChI=1S/C17H24N2O2/c1-14-5-7-16(8-6-14)18-10-3-4-11-20-12-9-17-13-15(2)21-19-17/h5-8,13,18H,3-4,9-12H2,1-2H3. The number of hydrogen-bond acceptors (Lipinski definition) is 4. The van der Waals surface area contributed by atoms with Crippen molar-refractivity contribution in [3.05, 3.63) is 47.3 Å². The lowest BCUT2D eigenvalue weighted by Gasteiger charge is -2.07. The van der Waals surface area contributed by atoms with Crippen LogP contribution in [0.3, 0.4) is 0 Å². The Morgan fingerprint density at radius 2 is 1.90 bits per heavy atom. The van der Waals surface area contributed by atoms with Crippen LogP contribution in [0.15, 0.2) is 34.9 Å². The van der Waals surface area contributed by atoms with E-state index in [1.807, 2.05) is 13.0 Å². The van der Waals surface area contributed by atoms with E-state index in [2.05, 4.69) is 41.7 Å². The molecule has 0 saturated heterocycles. The highest BCUT2D eigenvalue weighted by atomic mass is 16.5. The van der Waals surface area contributed by atoms with Gasteiger partial charge in [0.25, 0.3) is 0 Å². The number of benzene rings is 1. The summed E-state index contributed by atoms with van der Waals surface area (Å²) >= 11 is 0. The normalized spacial score (nSPS) is 10.8. The van der Waals surface area contributed by atoms with E-state index < -0.39 is 0 Å². The van der Waals surface area contributed by atoms with E-state index >= 15 is 0 Å². The van der Waals surface area contributed by atoms with Crippen molar-refractivity contribution in [1.82, 2.24) is 5.16 Å². The number of anilines is 1. The summed E-state index contributed by atoms with van der Waals surface area (Å²) in [6, 6.07) is 10.4. The molecule has 2 aromatic rings. The van der Waals surface area contributed by atoms with Gasteiger partial charge in [-0.25, -0.2) is 0 Å². The predicted molar refractivity (Wildman–Crippen MR) is 84.7 cm³/mol. The van der Waals surface area contributed by atoms with Crippen molar-refractivity contribution in [2.45, 2.75) is 33.1 Å². The van der Waals surface area contributed by atoms with Crippen LogP contribution in [0.1, 0.15) is 29.9 Å². The van der Waals surface area contributed by atoms with E-state index in [4.69, 9.17) is 9.26 Å². The molecule has 0 aliphatic heterocycles. The molecule has 0 radical (unpaired) electrons. The number of unbranched alkanes of at least 4 members (excludes halogenated alkanes) is 1. The summed E-state index contributed by atoms with van der Waals surface area (Å²) in [5.41, 5.74) is 3.44. The Hall–Kier alpha value is -1.81. The molecule has 4 nitrogen and oxygen atoms in total. The summed E-state index contributed by atoms with van der Waals surface area (Å²) < 4.78 is 10.6. The molecule has 114 valence electrons. The second-order valence-electron chi connectivity index (χ2n) is 5.29. The Bertz CT molecular complexity index is 520. The van der Waals surface area contributed by atoms with Gasteiger partial charge >= 0.3 is 0 Å². The number of rotatable bonds is 9. The van der Waals surface area contributed by atoms with Gasteiger partial charge in [-0.2, -0.15) is 0 Å². The zero-order valence-electron chi connectivity index (χ0n) is 12.9. The lowest BCUT2D eigenvalue weighted by atomic mass is 10.2. The fourth-order valence-corrected chi connectivity index (χ4v) is 2.05. The average molecular weight is 288 g/mol. The van der Waals surface area contributed by atoms with Crippen LogP contribution in [-0.2, 0) is 11.2 Å². The molecule has 1 heterocycles. The lowest BCUT2D eigenvalue weighted by molar-refractivity contribution is 0.133. The number of aryl methyl sites for hydroxylation is 2. The van der Waals surface area contributed by atoms with Crippen LogP contribution in [0.2, 0.25) is 0 Å². The summed E-state index contributed by atoms with van der Waals surface area (Å²) in [5, 5.41) is 7.35. The molecule has 0 aliphatic rings. The highest BCUT2D eigenvalue weighted by molar-refractivity contribution is 5.44. The maximum Gasteiger partial charge on any atom is 0.133 e. The molecule has 4 heteroatoms. The number of nitrogens with one attached hydrogen (secondary N) is 1. The van der Waals surface area contributed by atoms with Crippen molar-refractivity contribution in [2.75, 3.05) is 25.1 Å². The highest BCUT2D eigenvalue weighted by Crippen LogP contribution is 2.08. The quantitative estimate of drug-likeness (QED) is 0.714. The van der Waals surface area contributed by atoms with Gasteiger partial charge in [-0.1, -0.05) is 22.9 Å². The minimum atomic E-state index is 0.706. The zero-order chi connectivity index (χ0) is 14.9. The van der Waals surface area contributed by atoms with Gasteiger partial charge in [0.15, 0.2) is 0 Å². The Morgan fingerprint density at radius 1 is 1.10 bits per heavy atom. The van der Waals surface area contributed by atoms with Gasteiger partial charge in [-0.3, -0.25) is 0 Å². The van der Waals surface area contributed by atoms with Crippen molar-refractivity contribution in [1.29, 1.82) is 0 Å². The van der Waals surface area contributed by atoms with Crippen molar-refractivity contribution in [2.24, 2.45) is 0 Å². The van der Waals surface area contributed by atoms with E-state index in [0.29, 0.717) is 6.61 Å². The second kappa shape index (κ2) is 8.47. The summed E-state index contributed by atoms with van der Waals surface area (Å²) in [7, 11) is 0. The predicted octanol–water partition coefficient (Wildman–Crippen LogP) is 3.74.